The van der Waals surface area contributed by atoms with E-state index in [1.54, 1.807) is 27.6 Å². The maximum atomic E-state index is 11.2. The molecule has 2 atom stereocenters. The Labute approximate surface area is 124 Å². The predicted molar refractivity (Wildman–Crippen MR) is 77.9 cm³/mol. The summed E-state index contributed by atoms with van der Waals surface area (Å²) in [4.78, 5) is 17.5. The summed E-state index contributed by atoms with van der Waals surface area (Å²) in [5.41, 5.74) is 1.96. The minimum absolute atomic E-state index is 0.289. The zero-order valence-electron chi connectivity index (χ0n) is 10.6. The number of carboxylic acid groups (broad SMARTS) is 1. The Hall–Kier alpha value is -1.28. The topological polar surface area (TPSA) is 73.7 Å². The van der Waals surface area contributed by atoms with E-state index in [-0.39, 0.29) is 6.42 Å². The predicted octanol–water partition coefficient (Wildman–Crippen LogP) is 1.89. The van der Waals surface area contributed by atoms with Gasteiger partial charge in [-0.1, -0.05) is 0 Å². The maximum Gasteiger partial charge on any atom is 0.321 e. The standard InChI is InChI=1S/C13H14N2O3S2/c16-10-3-11(13(17)18)15(5-10)4-9-7-20-12(14-9)8-1-2-19-6-8/h1-2,6-7,10-11,16H,3-5H2,(H,17,18). The number of thiophene rings is 1. The van der Waals surface area contributed by atoms with Crippen LogP contribution >= 0.6 is 22.7 Å². The molecule has 0 spiro atoms. The lowest BCUT2D eigenvalue weighted by Gasteiger charge is -2.19. The lowest BCUT2D eigenvalue weighted by molar-refractivity contribution is -0.142. The monoisotopic (exact) mass is 310 g/mol. The average Bonchev–Trinajstić information content (AvgIpc) is 3.09. The van der Waals surface area contributed by atoms with Crippen LogP contribution < -0.4 is 0 Å². The summed E-state index contributed by atoms with van der Waals surface area (Å²) >= 11 is 3.19. The number of nitrogens with zero attached hydrogens (tertiary/aromatic N) is 2. The number of carboxylic acids is 1. The lowest BCUT2D eigenvalue weighted by atomic mass is 10.2. The molecule has 1 saturated heterocycles. The Kier molecular flexibility index (Phi) is 3.84. The molecule has 0 bridgehead atoms. The molecular formula is C13H14N2O3S2. The zero-order chi connectivity index (χ0) is 14.1. The van der Waals surface area contributed by atoms with E-state index in [9.17, 15) is 9.90 Å². The maximum absolute atomic E-state index is 11.2. The third-order valence-corrected chi connectivity index (χ3v) is 4.97. The second-order valence-electron chi connectivity index (χ2n) is 4.83. The number of thiazole rings is 1. The fourth-order valence-electron chi connectivity index (χ4n) is 2.42. The highest BCUT2D eigenvalue weighted by atomic mass is 32.1. The second-order valence-corrected chi connectivity index (χ2v) is 6.47. The first-order chi connectivity index (χ1) is 9.63. The molecule has 0 amide bonds. The summed E-state index contributed by atoms with van der Waals surface area (Å²) in [6.07, 6.45) is -0.275. The molecule has 2 aromatic rings. The van der Waals surface area contributed by atoms with Crippen LogP contribution in [0.1, 0.15) is 12.1 Å². The highest BCUT2D eigenvalue weighted by molar-refractivity contribution is 7.14. The number of aromatic nitrogens is 1. The Morgan fingerprint density at radius 3 is 3.05 bits per heavy atom. The molecule has 106 valence electrons. The first-order valence-electron chi connectivity index (χ1n) is 6.25. The van der Waals surface area contributed by atoms with Gasteiger partial charge in [-0.3, -0.25) is 9.69 Å². The Bertz CT molecular complexity index is 597. The molecule has 7 heteroatoms. The van der Waals surface area contributed by atoms with Gasteiger partial charge in [0.2, 0.25) is 0 Å². The normalized spacial score (nSPS) is 23.2. The Morgan fingerprint density at radius 1 is 1.50 bits per heavy atom. The molecule has 3 rings (SSSR count). The summed E-state index contributed by atoms with van der Waals surface area (Å²) in [6, 6.07) is 1.41. The number of hydrogen-bond acceptors (Lipinski definition) is 6. The van der Waals surface area contributed by atoms with Gasteiger partial charge in [0.15, 0.2) is 0 Å². The van der Waals surface area contributed by atoms with Crippen molar-refractivity contribution in [3.8, 4) is 10.6 Å². The van der Waals surface area contributed by atoms with E-state index >= 15 is 0 Å². The third kappa shape index (κ3) is 2.76. The average molecular weight is 310 g/mol. The molecule has 0 aromatic carbocycles. The molecule has 1 fully saturated rings. The molecule has 5 nitrogen and oxygen atoms in total. The van der Waals surface area contributed by atoms with Crippen LogP contribution in [-0.4, -0.2) is 44.8 Å². The minimum Gasteiger partial charge on any atom is -0.480 e. The van der Waals surface area contributed by atoms with Crippen LogP contribution in [0.25, 0.3) is 10.6 Å². The minimum atomic E-state index is -0.880. The number of hydrogen-bond donors (Lipinski definition) is 2. The van der Waals surface area contributed by atoms with Crippen molar-refractivity contribution < 1.29 is 15.0 Å². The lowest BCUT2D eigenvalue weighted by Crippen LogP contribution is -2.35. The number of aliphatic hydroxyl groups is 1. The number of aliphatic carboxylic acids is 1. The molecule has 0 saturated carbocycles. The molecule has 3 heterocycles. The van der Waals surface area contributed by atoms with Gasteiger partial charge >= 0.3 is 5.97 Å². The fourth-order valence-corrected chi connectivity index (χ4v) is 3.94. The summed E-state index contributed by atoms with van der Waals surface area (Å²) in [7, 11) is 0. The van der Waals surface area contributed by atoms with E-state index in [2.05, 4.69) is 4.98 Å². The number of β-amino-alcohol motifs (C(OH)–C–C–N with tert-alkyl or cyclic N) is 1. The van der Waals surface area contributed by atoms with Crippen molar-refractivity contribution in [1.82, 2.24) is 9.88 Å². The first kappa shape index (κ1) is 13.7. The highest BCUT2D eigenvalue weighted by Crippen LogP contribution is 2.27. The van der Waals surface area contributed by atoms with Gasteiger partial charge in [0, 0.05) is 35.8 Å². The van der Waals surface area contributed by atoms with E-state index in [1.165, 1.54) is 0 Å². The molecule has 1 aliphatic rings. The third-order valence-electron chi connectivity index (χ3n) is 3.35. The number of rotatable bonds is 4. The molecule has 20 heavy (non-hydrogen) atoms. The zero-order valence-corrected chi connectivity index (χ0v) is 12.2. The van der Waals surface area contributed by atoms with Crippen LogP contribution in [0.15, 0.2) is 22.2 Å². The van der Waals surface area contributed by atoms with E-state index in [1.807, 2.05) is 22.2 Å². The van der Waals surface area contributed by atoms with Gasteiger partial charge in [-0.05, 0) is 11.4 Å². The fraction of sp³-hybridized carbons (Fsp3) is 0.385. The Balaban J connectivity index is 1.73. The first-order valence-corrected chi connectivity index (χ1v) is 8.07. The number of aliphatic hydroxyl groups excluding tert-OH is 1. The van der Waals surface area contributed by atoms with Gasteiger partial charge in [0.1, 0.15) is 11.0 Å². The van der Waals surface area contributed by atoms with Crippen molar-refractivity contribution in [2.24, 2.45) is 0 Å². The van der Waals surface area contributed by atoms with Crippen molar-refractivity contribution in [3.05, 3.63) is 27.9 Å². The van der Waals surface area contributed by atoms with Crippen LogP contribution in [0, 0.1) is 0 Å². The van der Waals surface area contributed by atoms with Crippen LogP contribution in [0.5, 0.6) is 0 Å². The van der Waals surface area contributed by atoms with E-state index in [0.717, 1.165) is 16.3 Å². The second kappa shape index (κ2) is 5.61. The van der Waals surface area contributed by atoms with Crippen LogP contribution in [0.2, 0.25) is 0 Å². The molecule has 2 aromatic heterocycles. The van der Waals surface area contributed by atoms with Gasteiger partial charge < -0.3 is 10.2 Å². The highest BCUT2D eigenvalue weighted by Gasteiger charge is 2.36. The molecule has 0 aliphatic carbocycles. The van der Waals surface area contributed by atoms with Gasteiger partial charge in [-0.2, -0.15) is 11.3 Å². The van der Waals surface area contributed by atoms with E-state index in [4.69, 9.17) is 5.11 Å². The van der Waals surface area contributed by atoms with Crippen molar-refractivity contribution in [2.75, 3.05) is 6.54 Å². The van der Waals surface area contributed by atoms with Gasteiger partial charge in [0.25, 0.3) is 0 Å². The molecule has 0 radical (unpaired) electrons. The summed E-state index contributed by atoms with van der Waals surface area (Å²) in [5.74, 6) is -0.880. The summed E-state index contributed by atoms with van der Waals surface area (Å²) in [6.45, 7) is 0.858. The number of likely N-dealkylation sites (tertiary alicyclic amines) is 1. The largest absolute Gasteiger partial charge is 0.480 e. The Morgan fingerprint density at radius 2 is 2.35 bits per heavy atom. The SMILES string of the molecule is O=C(O)C1CC(O)CN1Cc1csc(-c2ccsc2)n1. The van der Waals surface area contributed by atoms with Crippen molar-refractivity contribution in [1.29, 1.82) is 0 Å². The summed E-state index contributed by atoms with van der Waals surface area (Å²) in [5, 5.41) is 25.8. The van der Waals surface area contributed by atoms with Crippen molar-refractivity contribution >= 4 is 28.6 Å². The summed E-state index contributed by atoms with van der Waals surface area (Å²) < 4.78 is 0. The molecular weight excluding hydrogens is 296 g/mol. The van der Waals surface area contributed by atoms with Gasteiger partial charge in [-0.25, -0.2) is 4.98 Å². The van der Waals surface area contributed by atoms with Crippen molar-refractivity contribution in [2.45, 2.75) is 25.1 Å². The van der Waals surface area contributed by atoms with Crippen LogP contribution in [-0.2, 0) is 11.3 Å². The quantitative estimate of drug-likeness (QED) is 0.902. The van der Waals surface area contributed by atoms with Crippen LogP contribution in [0.4, 0.5) is 0 Å². The van der Waals surface area contributed by atoms with Crippen LogP contribution in [0.3, 0.4) is 0 Å². The molecule has 1 aliphatic heterocycles. The van der Waals surface area contributed by atoms with Gasteiger partial charge in [-0.15, -0.1) is 11.3 Å². The van der Waals surface area contributed by atoms with Gasteiger partial charge in [0.05, 0.1) is 11.8 Å². The van der Waals surface area contributed by atoms with E-state index < -0.39 is 18.1 Å². The molecule has 2 N–H and O–H groups in total. The number of carbonyl (C=O) groups is 1. The smallest absolute Gasteiger partial charge is 0.321 e. The van der Waals surface area contributed by atoms with Crippen molar-refractivity contribution in [3.63, 3.8) is 0 Å². The molecule has 2 unspecified atom stereocenters. The van der Waals surface area contributed by atoms with E-state index in [0.29, 0.717) is 13.1 Å².